The number of hydrogen-bond acceptors (Lipinski definition) is 3. The molecule has 0 aliphatic carbocycles. The van der Waals surface area contributed by atoms with E-state index >= 15 is 0 Å². The smallest absolute Gasteiger partial charge is 0.143 e. The summed E-state index contributed by atoms with van der Waals surface area (Å²) in [5, 5.41) is 9.85. The lowest BCUT2D eigenvalue weighted by Gasteiger charge is -2.36. The SMILES string of the molecule is CC(O)CCOC(c1ccccc1)(c1ccccc1)c1ccc(OCc2ccccc2)cc1. The maximum atomic E-state index is 9.85. The standard InChI is InChI=1S/C30H30O3/c1-24(31)21-22-33-30(26-13-7-3-8-14-26,27-15-9-4-10-16-27)28-17-19-29(20-18-28)32-23-25-11-5-2-6-12-25/h2-20,24,31H,21-23H2,1H3. The van der Waals surface area contributed by atoms with E-state index in [1.807, 2.05) is 66.7 Å². The van der Waals surface area contributed by atoms with E-state index in [0.717, 1.165) is 28.0 Å². The zero-order valence-corrected chi connectivity index (χ0v) is 18.9. The normalized spacial score (nSPS) is 12.3. The van der Waals surface area contributed by atoms with E-state index in [1.165, 1.54) is 0 Å². The van der Waals surface area contributed by atoms with Crippen LogP contribution in [-0.4, -0.2) is 17.8 Å². The van der Waals surface area contributed by atoms with Gasteiger partial charge in [-0.15, -0.1) is 0 Å². The fourth-order valence-corrected chi connectivity index (χ4v) is 4.01. The Kier molecular flexibility index (Phi) is 7.56. The summed E-state index contributed by atoms with van der Waals surface area (Å²) in [6.45, 7) is 2.73. The molecule has 4 aromatic carbocycles. The summed E-state index contributed by atoms with van der Waals surface area (Å²) in [7, 11) is 0. The first-order valence-corrected chi connectivity index (χ1v) is 11.4. The van der Waals surface area contributed by atoms with Crippen molar-refractivity contribution in [1.82, 2.24) is 0 Å². The van der Waals surface area contributed by atoms with Gasteiger partial charge < -0.3 is 14.6 Å². The van der Waals surface area contributed by atoms with Gasteiger partial charge in [-0.25, -0.2) is 0 Å². The summed E-state index contributed by atoms with van der Waals surface area (Å²) in [5.74, 6) is 0.807. The molecule has 1 unspecified atom stereocenters. The Labute approximate surface area is 196 Å². The van der Waals surface area contributed by atoms with Gasteiger partial charge in [0, 0.05) is 0 Å². The fraction of sp³-hybridized carbons (Fsp3) is 0.200. The fourth-order valence-electron chi connectivity index (χ4n) is 4.01. The minimum Gasteiger partial charge on any atom is -0.489 e. The molecule has 33 heavy (non-hydrogen) atoms. The number of benzene rings is 4. The average Bonchev–Trinajstić information content (AvgIpc) is 2.87. The minimum absolute atomic E-state index is 0.424. The zero-order chi connectivity index (χ0) is 22.9. The van der Waals surface area contributed by atoms with Crippen molar-refractivity contribution in [2.45, 2.75) is 31.7 Å². The van der Waals surface area contributed by atoms with Crippen molar-refractivity contribution in [3.8, 4) is 5.75 Å². The largest absolute Gasteiger partial charge is 0.489 e. The van der Waals surface area contributed by atoms with Gasteiger partial charge in [-0.1, -0.05) is 103 Å². The van der Waals surface area contributed by atoms with Gasteiger partial charge in [0.05, 0.1) is 12.7 Å². The predicted molar refractivity (Wildman–Crippen MR) is 132 cm³/mol. The molecule has 4 aromatic rings. The topological polar surface area (TPSA) is 38.7 Å². The summed E-state index contributed by atoms with van der Waals surface area (Å²) in [6, 6.07) is 38.8. The number of hydrogen-bond donors (Lipinski definition) is 1. The zero-order valence-electron chi connectivity index (χ0n) is 18.9. The summed E-state index contributed by atoms with van der Waals surface area (Å²) in [5.41, 5.74) is 3.43. The van der Waals surface area contributed by atoms with Crippen molar-refractivity contribution < 1.29 is 14.6 Å². The highest BCUT2D eigenvalue weighted by atomic mass is 16.5. The molecule has 0 saturated carbocycles. The molecule has 0 fully saturated rings. The van der Waals surface area contributed by atoms with Crippen molar-refractivity contribution in [2.75, 3.05) is 6.61 Å². The van der Waals surface area contributed by atoms with Crippen molar-refractivity contribution >= 4 is 0 Å². The molecule has 3 heteroatoms. The Morgan fingerprint density at radius 2 is 1.15 bits per heavy atom. The van der Waals surface area contributed by atoms with E-state index in [2.05, 4.69) is 48.5 Å². The van der Waals surface area contributed by atoms with Crippen LogP contribution < -0.4 is 4.74 Å². The van der Waals surface area contributed by atoms with Crippen LogP contribution in [0.4, 0.5) is 0 Å². The van der Waals surface area contributed by atoms with Gasteiger partial charge in [-0.2, -0.15) is 0 Å². The molecular formula is C30H30O3. The third-order valence-corrected chi connectivity index (χ3v) is 5.72. The highest BCUT2D eigenvalue weighted by Crippen LogP contribution is 2.41. The molecular weight excluding hydrogens is 408 g/mol. The van der Waals surface area contributed by atoms with E-state index in [9.17, 15) is 5.11 Å². The van der Waals surface area contributed by atoms with Crippen molar-refractivity contribution in [1.29, 1.82) is 0 Å². The predicted octanol–water partition coefficient (Wildman–Crippen LogP) is 6.35. The van der Waals surface area contributed by atoms with Crippen LogP contribution in [0.2, 0.25) is 0 Å². The molecule has 0 amide bonds. The van der Waals surface area contributed by atoms with Crippen LogP contribution in [0.5, 0.6) is 5.75 Å². The quantitative estimate of drug-likeness (QED) is 0.293. The molecule has 0 saturated heterocycles. The highest BCUT2D eigenvalue weighted by molar-refractivity contribution is 5.48. The Morgan fingerprint density at radius 3 is 1.67 bits per heavy atom. The molecule has 0 aliphatic heterocycles. The second-order valence-corrected chi connectivity index (χ2v) is 8.20. The van der Waals surface area contributed by atoms with Crippen molar-refractivity contribution in [3.63, 3.8) is 0 Å². The summed E-state index contributed by atoms with van der Waals surface area (Å²) >= 11 is 0. The first-order chi connectivity index (χ1) is 16.2. The average molecular weight is 439 g/mol. The molecule has 0 aliphatic rings. The van der Waals surface area contributed by atoms with Gasteiger partial charge in [0.2, 0.25) is 0 Å². The van der Waals surface area contributed by atoms with Crippen LogP contribution >= 0.6 is 0 Å². The highest BCUT2D eigenvalue weighted by Gasteiger charge is 2.37. The number of rotatable bonds is 10. The lowest BCUT2D eigenvalue weighted by molar-refractivity contribution is -0.00300. The molecule has 0 spiro atoms. The van der Waals surface area contributed by atoms with Crippen LogP contribution in [-0.2, 0) is 16.9 Å². The molecule has 4 rings (SSSR count). The van der Waals surface area contributed by atoms with Gasteiger partial charge in [-0.3, -0.25) is 0 Å². The minimum atomic E-state index is -0.796. The van der Waals surface area contributed by atoms with Gasteiger partial charge >= 0.3 is 0 Å². The number of aliphatic hydroxyl groups is 1. The van der Waals surface area contributed by atoms with Crippen LogP contribution in [0.3, 0.4) is 0 Å². The summed E-state index contributed by atoms with van der Waals surface area (Å²) < 4.78 is 12.7. The van der Waals surface area contributed by atoms with E-state index < -0.39 is 11.7 Å². The Hall–Kier alpha value is -3.40. The van der Waals surface area contributed by atoms with E-state index in [0.29, 0.717) is 19.6 Å². The van der Waals surface area contributed by atoms with Crippen molar-refractivity contribution in [2.24, 2.45) is 0 Å². The molecule has 0 bridgehead atoms. The van der Waals surface area contributed by atoms with Gasteiger partial charge in [-0.05, 0) is 47.7 Å². The van der Waals surface area contributed by atoms with Crippen molar-refractivity contribution in [3.05, 3.63) is 138 Å². The lowest BCUT2D eigenvalue weighted by atomic mass is 9.80. The molecule has 0 radical (unpaired) electrons. The first-order valence-electron chi connectivity index (χ1n) is 11.4. The van der Waals surface area contributed by atoms with E-state index in [4.69, 9.17) is 9.47 Å². The maximum Gasteiger partial charge on any atom is 0.143 e. The van der Waals surface area contributed by atoms with Crippen LogP contribution in [0.1, 0.15) is 35.6 Å². The number of aliphatic hydroxyl groups excluding tert-OH is 1. The van der Waals surface area contributed by atoms with Crippen LogP contribution in [0.15, 0.2) is 115 Å². The third kappa shape index (κ3) is 5.51. The molecule has 168 valence electrons. The first kappa shape index (κ1) is 22.8. The summed E-state index contributed by atoms with van der Waals surface area (Å²) in [4.78, 5) is 0. The van der Waals surface area contributed by atoms with E-state index in [1.54, 1.807) is 6.92 Å². The molecule has 1 N–H and O–H groups in total. The molecule has 1 atom stereocenters. The summed E-state index contributed by atoms with van der Waals surface area (Å²) in [6.07, 6.45) is 0.127. The second-order valence-electron chi connectivity index (χ2n) is 8.20. The molecule has 3 nitrogen and oxygen atoms in total. The lowest BCUT2D eigenvalue weighted by Crippen LogP contribution is -2.33. The molecule has 0 aromatic heterocycles. The Morgan fingerprint density at radius 1 is 0.667 bits per heavy atom. The monoisotopic (exact) mass is 438 g/mol. The third-order valence-electron chi connectivity index (χ3n) is 5.72. The van der Waals surface area contributed by atoms with Crippen LogP contribution in [0, 0.1) is 0 Å². The Balaban J connectivity index is 1.70. The van der Waals surface area contributed by atoms with Gasteiger partial charge in [0.25, 0.3) is 0 Å². The van der Waals surface area contributed by atoms with Gasteiger partial charge in [0.15, 0.2) is 0 Å². The molecule has 0 heterocycles. The van der Waals surface area contributed by atoms with E-state index in [-0.39, 0.29) is 0 Å². The number of ether oxygens (including phenoxy) is 2. The maximum absolute atomic E-state index is 9.85. The van der Waals surface area contributed by atoms with Gasteiger partial charge in [0.1, 0.15) is 18.0 Å². The Bertz CT molecular complexity index is 1050. The van der Waals surface area contributed by atoms with Crippen LogP contribution in [0.25, 0.3) is 0 Å². The second kappa shape index (κ2) is 11.0.